The maximum absolute atomic E-state index is 13.0. The van der Waals surface area contributed by atoms with E-state index in [2.05, 4.69) is 25.7 Å². The van der Waals surface area contributed by atoms with Gasteiger partial charge in [-0.25, -0.2) is 0 Å². The summed E-state index contributed by atoms with van der Waals surface area (Å²) in [5.41, 5.74) is 4.41. The number of Topliss-reactive ketones (excluding diaryl/α,β-unsaturated/α-hetero) is 1. The topological polar surface area (TPSA) is 136 Å². The van der Waals surface area contributed by atoms with Crippen LogP contribution in [-0.2, 0) is 0 Å². The fourth-order valence-electron chi connectivity index (χ4n) is 2.55. The van der Waals surface area contributed by atoms with Crippen molar-refractivity contribution >= 4 is 34.0 Å². The summed E-state index contributed by atoms with van der Waals surface area (Å²) in [5, 5.41) is 23.1. The number of benzene rings is 2. The molecule has 4 rings (SSSR count). The zero-order valence-corrected chi connectivity index (χ0v) is 17.1. The molecule has 0 aliphatic carbocycles. The van der Waals surface area contributed by atoms with E-state index in [0.717, 1.165) is 11.8 Å². The number of nitrogens with one attached hydrogen (secondary N) is 1. The molecule has 2 aromatic heterocycles. The quantitative estimate of drug-likeness (QED) is 0.109. The van der Waals surface area contributed by atoms with Crippen LogP contribution in [0, 0.1) is 10.1 Å². The van der Waals surface area contributed by atoms with Crippen molar-refractivity contribution in [2.45, 2.75) is 5.22 Å². The van der Waals surface area contributed by atoms with Gasteiger partial charge in [0.1, 0.15) is 0 Å². The molecule has 0 aliphatic heterocycles. The monoisotopic (exact) mass is 446 g/mol. The Morgan fingerprint density at radius 3 is 2.41 bits per heavy atom. The average molecular weight is 446 g/mol. The molecule has 10 nitrogen and oxygen atoms in total. The van der Waals surface area contributed by atoms with Crippen molar-refractivity contribution in [2.75, 3.05) is 5.43 Å². The molecular formula is C21H14N6O4S. The molecule has 0 saturated heterocycles. The number of hydrazone groups is 1. The Balaban J connectivity index is 1.58. The van der Waals surface area contributed by atoms with E-state index in [9.17, 15) is 14.9 Å². The van der Waals surface area contributed by atoms with Crippen molar-refractivity contribution in [3.05, 3.63) is 94.8 Å². The second-order valence-electron chi connectivity index (χ2n) is 6.24. The Morgan fingerprint density at radius 1 is 1.00 bits per heavy atom. The number of ketones is 1. The van der Waals surface area contributed by atoms with Gasteiger partial charge >= 0.3 is 0 Å². The third-order valence-corrected chi connectivity index (χ3v) is 4.92. The van der Waals surface area contributed by atoms with Crippen LogP contribution in [0.1, 0.15) is 10.4 Å². The minimum Gasteiger partial charge on any atom is -0.411 e. The molecule has 2 aromatic carbocycles. The number of nitro groups is 1. The number of hydrogen-bond acceptors (Lipinski definition) is 10. The lowest BCUT2D eigenvalue weighted by molar-refractivity contribution is -0.384. The molecule has 1 N–H and O–H groups in total. The molecule has 4 aromatic rings. The van der Waals surface area contributed by atoms with Crippen LogP contribution >= 0.6 is 11.8 Å². The standard InChI is InChI=1S/C21H14N6O4S/c28-18(14-10-12-22-13-11-14)20(25-23-16-4-2-1-3-5-16)32-21-26-24-19(31-21)15-6-8-17(9-7-15)27(29)30/h1-13,23H/b25-20+. The van der Waals surface area contributed by atoms with Gasteiger partial charge in [0, 0.05) is 35.7 Å². The molecule has 32 heavy (non-hydrogen) atoms. The summed E-state index contributed by atoms with van der Waals surface area (Å²) < 4.78 is 5.64. The van der Waals surface area contributed by atoms with Gasteiger partial charge in [-0.2, -0.15) is 5.10 Å². The molecule has 2 heterocycles. The minimum atomic E-state index is -0.494. The van der Waals surface area contributed by atoms with Gasteiger partial charge in [0.15, 0.2) is 5.04 Å². The number of carbonyl (C=O) groups is 1. The van der Waals surface area contributed by atoms with Crippen LogP contribution < -0.4 is 5.43 Å². The van der Waals surface area contributed by atoms with Crippen LogP contribution in [0.4, 0.5) is 11.4 Å². The first kappa shape index (κ1) is 20.9. The first-order valence-corrected chi connectivity index (χ1v) is 10.0. The highest BCUT2D eigenvalue weighted by Gasteiger charge is 2.20. The molecule has 0 aliphatic rings. The normalized spacial score (nSPS) is 11.2. The van der Waals surface area contributed by atoms with Gasteiger partial charge in [-0.1, -0.05) is 18.2 Å². The number of thioether (sulfide) groups is 1. The van der Waals surface area contributed by atoms with E-state index >= 15 is 0 Å². The van der Waals surface area contributed by atoms with E-state index in [1.807, 2.05) is 30.3 Å². The zero-order valence-electron chi connectivity index (χ0n) is 16.3. The number of nitrogens with zero attached hydrogens (tertiary/aromatic N) is 5. The third kappa shape index (κ3) is 5.02. The number of non-ortho nitro benzene ring substituents is 1. The van der Waals surface area contributed by atoms with E-state index in [1.165, 1.54) is 36.7 Å². The maximum Gasteiger partial charge on any atom is 0.283 e. The zero-order chi connectivity index (χ0) is 22.3. The number of carbonyl (C=O) groups excluding carboxylic acids is 1. The minimum absolute atomic E-state index is 0.0489. The predicted octanol–water partition coefficient (Wildman–Crippen LogP) is 4.44. The molecular weight excluding hydrogens is 432 g/mol. The molecule has 0 saturated carbocycles. The summed E-state index contributed by atoms with van der Waals surface area (Å²) in [6.45, 7) is 0. The van der Waals surface area contributed by atoms with Gasteiger partial charge in [-0.15, -0.1) is 10.2 Å². The lowest BCUT2D eigenvalue weighted by atomic mass is 10.2. The highest BCUT2D eigenvalue weighted by Crippen LogP contribution is 2.26. The first-order valence-electron chi connectivity index (χ1n) is 9.20. The van der Waals surface area contributed by atoms with Crippen molar-refractivity contribution in [3.63, 3.8) is 0 Å². The van der Waals surface area contributed by atoms with Crippen molar-refractivity contribution < 1.29 is 14.1 Å². The lowest BCUT2D eigenvalue weighted by Gasteiger charge is -2.05. The number of para-hydroxylation sites is 1. The van der Waals surface area contributed by atoms with Crippen LogP contribution in [0.5, 0.6) is 0 Å². The maximum atomic E-state index is 13.0. The van der Waals surface area contributed by atoms with Gasteiger partial charge < -0.3 is 4.42 Å². The van der Waals surface area contributed by atoms with E-state index in [0.29, 0.717) is 16.8 Å². The number of aromatic nitrogens is 3. The van der Waals surface area contributed by atoms with Crippen molar-refractivity contribution in [1.29, 1.82) is 0 Å². The second-order valence-corrected chi connectivity index (χ2v) is 7.18. The summed E-state index contributed by atoms with van der Waals surface area (Å²) in [6.07, 6.45) is 3.03. The second kappa shape index (κ2) is 9.62. The first-order chi connectivity index (χ1) is 15.6. The predicted molar refractivity (Wildman–Crippen MR) is 118 cm³/mol. The average Bonchev–Trinajstić information content (AvgIpc) is 3.31. The van der Waals surface area contributed by atoms with Crippen molar-refractivity contribution in [1.82, 2.24) is 15.2 Å². The van der Waals surface area contributed by atoms with Crippen LogP contribution in [0.3, 0.4) is 0 Å². The highest BCUT2D eigenvalue weighted by atomic mass is 32.2. The molecule has 158 valence electrons. The molecule has 0 unspecified atom stereocenters. The molecule has 0 atom stereocenters. The number of hydrogen-bond donors (Lipinski definition) is 1. The van der Waals surface area contributed by atoms with Crippen LogP contribution in [0.2, 0.25) is 0 Å². The Hall–Kier alpha value is -4.38. The van der Waals surface area contributed by atoms with Gasteiger partial charge in [0.25, 0.3) is 10.9 Å². The van der Waals surface area contributed by atoms with Gasteiger partial charge in [-0.05, 0) is 48.2 Å². The van der Waals surface area contributed by atoms with Gasteiger partial charge in [0.2, 0.25) is 11.7 Å². The van der Waals surface area contributed by atoms with Crippen LogP contribution in [0.25, 0.3) is 11.5 Å². The van der Waals surface area contributed by atoms with Crippen LogP contribution in [-0.4, -0.2) is 30.9 Å². The Bertz CT molecular complexity index is 1260. The summed E-state index contributed by atoms with van der Waals surface area (Å²) >= 11 is 0.903. The van der Waals surface area contributed by atoms with E-state index in [1.54, 1.807) is 12.1 Å². The summed E-state index contributed by atoms with van der Waals surface area (Å²) in [4.78, 5) is 27.2. The number of nitro benzene ring substituents is 1. The van der Waals surface area contributed by atoms with Crippen molar-refractivity contribution in [3.8, 4) is 11.5 Å². The number of anilines is 1. The Morgan fingerprint density at radius 2 is 1.72 bits per heavy atom. The molecule has 0 spiro atoms. The summed E-state index contributed by atoms with van der Waals surface area (Å²) in [5.74, 6) is -0.190. The fraction of sp³-hybridized carbons (Fsp3) is 0. The fourth-order valence-corrected chi connectivity index (χ4v) is 3.22. The van der Waals surface area contributed by atoms with Crippen LogP contribution in [0.15, 0.2) is 93.9 Å². The van der Waals surface area contributed by atoms with E-state index < -0.39 is 4.92 Å². The van der Waals surface area contributed by atoms with Gasteiger partial charge in [0.05, 0.1) is 10.6 Å². The van der Waals surface area contributed by atoms with Crippen molar-refractivity contribution in [2.24, 2.45) is 5.10 Å². The lowest BCUT2D eigenvalue weighted by Crippen LogP contribution is -2.13. The van der Waals surface area contributed by atoms with E-state index in [4.69, 9.17) is 4.42 Å². The Labute approximate surface area is 185 Å². The molecule has 0 bridgehead atoms. The van der Waals surface area contributed by atoms with E-state index in [-0.39, 0.29) is 27.6 Å². The summed E-state index contributed by atoms with van der Waals surface area (Å²) in [7, 11) is 0. The smallest absolute Gasteiger partial charge is 0.283 e. The third-order valence-electron chi connectivity index (χ3n) is 4.11. The Kier molecular flexibility index (Phi) is 6.28. The molecule has 0 radical (unpaired) electrons. The number of pyridine rings is 1. The SMILES string of the molecule is O=C(/C(=N\Nc1ccccc1)Sc1nnc(-c2ccc([N+](=O)[O-])cc2)o1)c1ccncc1. The number of rotatable bonds is 7. The van der Waals surface area contributed by atoms with Gasteiger partial charge in [-0.3, -0.25) is 25.3 Å². The molecule has 0 fully saturated rings. The molecule has 0 amide bonds. The molecule has 11 heteroatoms. The largest absolute Gasteiger partial charge is 0.411 e. The highest BCUT2D eigenvalue weighted by molar-refractivity contribution is 8.15. The summed E-state index contributed by atoms with van der Waals surface area (Å²) in [6, 6.07) is 18.0.